The van der Waals surface area contributed by atoms with Gasteiger partial charge in [0.15, 0.2) is 0 Å². The highest BCUT2D eigenvalue weighted by Crippen LogP contribution is 2.29. The molecule has 0 atom stereocenters. The van der Waals surface area contributed by atoms with Crippen LogP contribution in [0.1, 0.15) is 6.92 Å². The molecule has 1 heterocycles. The fourth-order valence-corrected chi connectivity index (χ4v) is 3.62. The summed E-state index contributed by atoms with van der Waals surface area (Å²) in [6, 6.07) is 3.23. The Kier molecular flexibility index (Phi) is 2.94. The number of benzene rings is 1. The first kappa shape index (κ1) is 12.8. The van der Waals surface area contributed by atoms with Gasteiger partial charge in [-0.2, -0.15) is 4.31 Å². The second-order valence-corrected chi connectivity index (χ2v) is 6.69. The standard InChI is InChI=1S/C10H11ClFNO3S/c1-10(14)5-13(6-10)17(15,16)7-2-3-9(12)8(11)4-7/h2-4,14H,5-6H2,1H3. The number of β-amino-alcohol motifs (C(OH)–C–C–N with tert-alkyl or cyclic N) is 1. The van der Waals surface area contributed by atoms with Crippen LogP contribution in [-0.4, -0.2) is 36.5 Å². The smallest absolute Gasteiger partial charge is 0.243 e. The van der Waals surface area contributed by atoms with Gasteiger partial charge in [0, 0.05) is 13.1 Å². The van der Waals surface area contributed by atoms with Gasteiger partial charge in [-0.05, 0) is 25.1 Å². The van der Waals surface area contributed by atoms with Crippen LogP contribution in [0, 0.1) is 5.82 Å². The molecular weight excluding hydrogens is 269 g/mol. The number of rotatable bonds is 2. The van der Waals surface area contributed by atoms with E-state index in [1.807, 2.05) is 0 Å². The van der Waals surface area contributed by atoms with E-state index in [-0.39, 0.29) is 23.0 Å². The molecule has 0 radical (unpaired) electrons. The number of aliphatic hydroxyl groups is 1. The van der Waals surface area contributed by atoms with Crippen LogP contribution in [0.5, 0.6) is 0 Å². The van der Waals surface area contributed by atoms with Crippen molar-refractivity contribution in [2.75, 3.05) is 13.1 Å². The van der Waals surface area contributed by atoms with Crippen LogP contribution in [-0.2, 0) is 10.0 Å². The number of hydrogen-bond acceptors (Lipinski definition) is 3. The lowest BCUT2D eigenvalue weighted by Crippen LogP contribution is -2.61. The number of sulfonamides is 1. The van der Waals surface area contributed by atoms with E-state index in [4.69, 9.17) is 11.6 Å². The van der Waals surface area contributed by atoms with E-state index < -0.39 is 21.4 Å². The third kappa shape index (κ3) is 2.30. The highest BCUT2D eigenvalue weighted by molar-refractivity contribution is 7.89. The van der Waals surface area contributed by atoms with Crippen LogP contribution in [0.15, 0.2) is 23.1 Å². The Morgan fingerprint density at radius 3 is 2.53 bits per heavy atom. The van der Waals surface area contributed by atoms with Gasteiger partial charge >= 0.3 is 0 Å². The zero-order valence-corrected chi connectivity index (χ0v) is 10.6. The molecule has 1 aromatic carbocycles. The largest absolute Gasteiger partial charge is 0.387 e. The fraction of sp³-hybridized carbons (Fsp3) is 0.400. The SMILES string of the molecule is CC1(O)CN(S(=O)(=O)c2ccc(F)c(Cl)c2)C1. The summed E-state index contributed by atoms with van der Waals surface area (Å²) in [6.45, 7) is 1.62. The summed E-state index contributed by atoms with van der Waals surface area (Å²) >= 11 is 5.53. The van der Waals surface area contributed by atoms with Crippen molar-refractivity contribution in [2.45, 2.75) is 17.4 Å². The zero-order chi connectivity index (χ0) is 12.8. The first-order valence-corrected chi connectivity index (χ1v) is 6.72. The van der Waals surface area contributed by atoms with Gasteiger partial charge in [-0.1, -0.05) is 11.6 Å². The Morgan fingerprint density at radius 1 is 1.47 bits per heavy atom. The minimum absolute atomic E-state index is 0.0321. The minimum atomic E-state index is -3.69. The molecule has 1 aliphatic heterocycles. The molecule has 0 spiro atoms. The highest BCUT2D eigenvalue weighted by Gasteiger charge is 2.43. The molecule has 0 saturated carbocycles. The van der Waals surface area contributed by atoms with Gasteiger partial charge in [-0.25, -0.2) is 12.8 Å². The Labute approximate surface area is 104 Å². The van der Waals surface area contributed by atoms with Crippen molar-refractivity contribution in [1.82, 2.24) is 4.31 Å². The van der Waals surface area contributed by atoms with Crippen LogP contribution < -0.4 is 0 Å². The Bertz CT molecular complexity index is 551. The first-order valence-electron chi connectivity index (χ1n) is 4.90. The molecule has 17 heavy (non-hydrogen) atoms. The lowest BCUT2D eigenvalue weighted by atomic mass is 10.0. The number of hydrogen-bond donors (Lipinski definition) is 1. The first-order chi connectivity index (χ1) is 7.72. The lowest BCUT2D eigenvalue weighted by molar-refractivity contribution is -0.0426. The molecule has 1 fully saturated rings. The van der Waals surface area contributed by atoms with E-state index in [2.05, 4.69) is 0 Å². The van der Waals surface area contributed by atoms with Gasteiger partial charge in [0.2, 0.25) is 10.0 Å². The summed E-state index contributed by atoms with van der Waals surface area (Å²) in [5.41, 5.74) is -0.989. The molecule has 0 aromatic heterocycles. The fourth-order valence-electron chi connectivity index (χ4n) is 1.67. The van der Waals surface area contributed by atoms with Crippen molar-refractivity contribution in [1.29, 1.82) is 0 Å². The minimum Gasteiger partial charge on any atom is -0.387 e. The maximum atomic E-state index is 12.9. The van der Waals surface area contributed by atoms with Crippen molar-refractivity contribution < 1.29 is 17.9 Å². The number of nitrogens with zero attached hydrogens (tertiary/aromatic N) is 1. The Hall–Kier alpha value is -0.690. The third-order valence-corrected chi connectivity index (χ3v) is 4.64. The molecule has 4 nitrogen and oxygen atoms in total. The van der Waals surface area contributed by atoms with E-state index >= 15 is 0 Å². The van der Waals surface area contributed by atoms with Crippen LogP contribution in [0.3, 0.4) is 0 Å². The monoisotopic (exact) mass is 279 g/mol. The maximum absolute atomic E-state index is 12.9. The molecule has 1 aromatic rings. The van der Waals surface area contributed by atoms with Gasteiger partial charge in [0.1, 0.15) is 5.82 Å². The third-order valence-electron chi connectivity index (χ3n) is 2.56. The average molecular weight is 280 g/mol. The molecule has 1 saturated heterocycles. The molecule has 7 heteroatoms. The van der Waals surface area contributed by atoms with Gasteiger partial charge in [-0.3, -0.25) is 0 Å². The van der Waals surface area contributed by atoms with Crippen LogP contribution in [0.2, 0.25) is 5.02 Å². The Balaban J connectivity index is 2.30. The van der Waals surface area contributed by atoms with Gasteiger partial charge in [-0.15, -0.1) is 0 Å². The van der Waals surface area contributed by atoms with E-state index in [1.54, 1.807) is 6.92 Å². The number of halogens is 2. The van der Waals surface area contributed by atoms with Crippen molar-refractivity contribution in [2.24, 2.45) is 0 Å². The van der Waals surface area contributed by atoms with Crippen molar-refractivity contribution in [3.8, 4) is 0 Å². The van der Waals surface area contributed by atoms with Crippen LogP contribution in [0.25, 0.3) is 0 Å². The summed E-state index contributed by atoms with van der Waals surface area (Å²) in [7, 11) is -3.69. The van der Waals surface area contributed by atoms with Gasteiger partial charge in [0.05, 0.1) is 15.5 Å². The quantitative estimate of drug-likeness (QED) is 0.886. The Morgan fingerprint density at radius 2 is 2.06 bits per heavy atom. The molecule has 2 rings (SSSR count). The summed E-state index contributed by atoms with van der Waals surface area (Å²) in [5, 5.41) is 9.26. The van der Waals surface area contributed by atoms with Gasteiger partial charge in [0.25, 0.3) is 0 Å². The predicted octanol–water partition coefficient (Wildman–Crippen LogP) is 1.23. The summed E-state index contributed by atoms with van der Waals surface area (Å²) < 4.78 is 38.0. The lowest BCUT2D eigenvalue weighted by Gasteiger charge is -2.42. The molecule has 94 valence electrons. The van der Waals surface area contributed by atoms with E-state index in [9.17, 15) is 17.9 Å². The summed E-state index contributed by atoms with van der Waals surface area (Å²) in [4.78, 5) is -0.0700. The second-order valence-electron chi connectivity index (χ2n) is 4.35. The predicted molar refractivity (Wildman–Crippen MR) is 60.8 cm³/mol. The van der Waals surface area contributed by atoms with Crippen LogP contribution in [0.4, 0.5) is 4.39 Å². The zero-order valence-electron chi connectivity index (χ0n) is 9.02. The molecule has 1 N–H and O–H groups in total. The topological polar surface area (TPSA) is 57.6 Å². The molecule has 0 amide bonds. The average Bonchev–Trinajstić information content (AvgIpc) is 2.18. The normalized spacial score (nSPS) is 20.0. The van der Waals surface area contributed by atoms with Crippen molar-refractivity contribution in [3.63, 3.8) is 0 Å². The van der Waals surface area contributed by atoms with Gasteiger partial charge < -0.3 is 5.11 Å². The molecule has 0 bridgehead atoms. The molecular formula is C10H11ClFNO3S. The van der Waals surface area contributed by atoms with Crippen molar-refractivity contribution in [3.05, 3.63) is 29.0 Å². The van der Waals surface area contributed by atoms with E-state index in [0.29, 0.717) is 0 Å². The maximum Gasteiger partial charge on any atom is 0.243 e. The van der Waals surface area contributed by atoms with E-state index in [0.717, 1.165) is 22.5 Å². The van der Waals surface area contributed by atoms with Crippen LogP contribution >= 0.6 is 11.6 Å². The molecule has 0 aliphatic carbocycles. The summed E-state index contributed by atoms with van der Waals surface area (Å²) in [5.74, 6) is -0.666. The van der Waals surface area contributed by atoms with Crippen molar-refractivity contribution >= 4 is 21.6 Å². The highest BCUT2D eigenvalue weighted by atomic mass is 35.5. The van der Waals surface area contributed by atoms with E-state index in [1.165, 1.54) is 0 Å². The second kappa shape index (κ2) is 3.91. The molecule has 0 unspecified atom stereocenters. The summed E-state index contributed by atoms with van der Waals surface area (Å²) in [6.07, 6.45) is 0. The molecule has 1 aliphatic rings.